The normalized spacial score (nSPS) is 15.5. The monoisotopic (exact) mass is 424 g/mol. The van der Waals surface area contributed by atoms with Gasteiger partial charge in [-0.2, -0.15) is 18.4 Å². The quantitative estimate of drug-likeness (QED) is 0.672. The Morgan fingerprint density at radius 1 is 1.14 bits per heavy atom. The average Bonchev–Trinajstić information content (AvgIpc) is 2.93. The van der Waals surface area contributed by atoms with Crippen molar-refractivity contribution >= 4 is 40.6 Å². The molecular formula is C18H8ClF3N2O3S. The second kappa shape index (κ2) is 7.58. The van der Waals surface area contributed by atoms with Gasteiger partial charge in [0.2, 0.25) is 0 Å². The van der Waals surface area contributed by atoms with Gasteiger partial charge in [-0.3, -0.25) is 14.9 Å². The molecule has 0 aromatic heterocycles. The lowest BCUT2D eigenvalue weighted by molar-refractivity contribution is -0.138. The number of alkyl halides is 3. The molecule has 1 aliphatic rings. The van der Waals surface area contributed by atoms with Gasteiger partial charge in [0.15, 0.2) is 0 Å². The molecule has 1 aliphatic heterocycles. The van der Waals surface area contributed by atoms with Crippen molar-refractivity contribution in [1.82, 2.24) is 5.32 Å². The minimum Gasteiger partial charge on any atom is -0.455 e. The second-order valence-electron chi connectivity index (χ2n) is 5.46. The number of hydrogen-bond donors (Lipinski definition) is 1. The van der Waals surface area contributed by atoms with Crippen LogP contribution in [0.2, 0.25) is 5.02 Å². The molecule has 1 saturated heterocycles. The summed E-state index contributed by atoms with van der Waals surface area (Å²) in [5, 5.41) is 10.4. The van der Waals surface area contributed by atoms with E-state index in [4.69, 9.17) is 21.6 Å². The van der Waals surface area contributed by atoms with Crippen molar-refractivity contribution in [3.63, 3.8) is 0 Å². The summed E-state index contributed by atoms with van der Waals surface area (Å²) in [6.07, 6.45) is -3.30. The van der Waals surface area contributed by atoms with Gasteiger partial charge in [0.25, 0.3) is 11.1 Å². The second-order valence-corrected chi connectivity index (χ2v) is 6.89. The molecule has 0 aliphatic carbocycles. The van der Waals surface area contributed by atoms with E-state index in [1.807, 2.05) is 0 Å². The van der Waals surface area contributed by atoms with Crippen LogP contribution >= 0.6 is 23.4 Å². The molecule has 0 saturated carbocycles. The van der Waals surface area contributed by atoms with Gasteiger partial charge in [0.1, 0.15) is 11.5 Å². The predicted molar refractivity (Wildman–Crippen MR) is 96.8 cm³/mol. The number of imide groups is 1. The zero-order chi connectivity index (χ0) is 20.5. The lowest BCUT2D eigenvalue weighted by atomic mass is 10.1. The summed E-state index contributed by atoms with van der Waals surface area (Å²) < 4.78 is 45.0. The molecule has 0 bridgehead atoms. The number of nitrogens with one attached hydrogen (secondary N) is 1. The van der Waals surface area contributed by atoms with Crippen molar-refractivity contribution < 1.29 is 27.5 Å². The van der Waals surface area contributed by atoms with Crippen LogP contribution in [-0.4, -0.2) is 11.1 Å². The molecule has 2 aromatic rings. The molecule has 0 atom stereocenters. The highest BCUT2D eigenvalue weighted by Gasteiger charge is 2.35. The molecule has 2 amide bonds. The third-order valence-electron chi connectivity index (χ3n) is 3.53. The maximum absolute atomic E-state index is 13.2. The van der Waals surface area contributed by atoms with E-state index in [0.29, 0.717) is 11.6 Å². The van der Waals surface area contributed by atoms with Crippen LogP contribution in [0.1, 0.15) is 16.7 Å². The first-order valence-electron chi connectivity index (χ1n) is 7.51. The van der Waals surface area contributed by atoms with Gasteiger partial charge in [0.05, 0.1) is 27.1 Å². The van der Waals surface area contributed by atoms with E-state index in [2.05, 4.69) is 5.32 Å². The van der Waals surface area contributed by atoms with Crippen LogP contribution in [-0.2, 0) is 11.0 Å². The van der Waals surface area contributed by atoms with Crippen molar-refractivity contribution in [2.75, 3.05) is 0 Å². The number of amides is 2. The fourth-order valence-electron chi connectivity index (χ4n) is 2.29. The molecule has 1 N–H and O–H groups in total. The number of carbonyl (C=O) groups excluding carboxylic acids is 2. The van der Waals surface area contributed by atoms with Crippen molar-refractivity contribution in [1.29, 1.82) is 5.26 Å². The van der Waals surface area contributed by atoms with Crippen LogP contribution in [0, 0.1) is 11.3 Å². The maximum atomic E-state index is 13.2. The van der Waals surface area contributed by atoms with E-state index in [-0.39, 0.29) is 21.2 Å². The molecule has 0 spiro atoms. The number of nitriles is 1. The molecule has 3 rings (SSSR count). The Kier molecular flexibility index (Phi) is 5.36. The summed E-state index contributed by atoms with van der Waals surface area (Å²) >= 11 is 6.82. The minimum atomic E-state index is -4.72. The number of ether oxygens (including phenoxy) is 1. The highest BCUT2D eigenvalue weighted by Crippen LogP contribution is 2.40. The van der Waals surface area contributed by atoms with Gasteiger partial charge in [-0.05, 0) is 53.7 Å². The van der Waals surface area contributed by atoms with E-state index in [1.165, 1.54) is 30.3 Å². The Balaban J connectivity index is 1.91. The topological polar surface area (TPSA) is 79.2 Å². The lowest BCUT2D eigenvalue weighted by Gasteiger charge is -2.15. The highest BCUT2D eigenvalue weighted by molar-refractivity contribution is 8.18. The largest absolute Gasteiger partial charge is 0.455 e. The Morgan fingerprint density at radius 3 is 2.43 bits per heavy atom. The van der Waals surface area contributed by atoms with Gasteiger partial charge in [-0.15, -0.1) is 0 Å². The lowest BCUT2D eigenvalue weighted by Crippen LogP contribution is -2.17. The summed E-state index contributed by atoms with van der Waals surface area (Å²) in [6, 6.07) is 8.77. The molecule has 142 valence electrons. The number of nitrogens with zero attached hydrogens (tertiary/aromatic N) is 1. The van der Waals surface area contributed by atoms with E-state index >= 15 is 0 Å². The number of benzene rings is 2. The van der Waals surface area contributed by atoms with Crippen molar-refractivity contribution in [3.05, 3.63) is 63.0 Å². The molecule has 0 unspecified atom stereocenters. The summed E-state index contributed by atoms with van der Waals surface area (Å²) in [5.41, 5.74) is -0.804. The summed E-state index contributed by atoms with van der Waals surface area (Å²) in [4.78, 5) is 22.9. The van der Waals surface area contributed by atoms with E-state index in [9.17, 15) is 22.8 Å². The van der Waals surface area contributed by atoms with Crippen molar-refractivity contribution in [2.24, 2.45) is 0 Å². The van der Waals surface area contributed by atoms with E-state index in [1.54, 1.807) is 6.07 Å². The van der Waals surface area contributed by atoms with Gasteiger partial charge >= 0.3 is 6.18 Å². The smallest absolute Gasteiger partial charge is 0.420 e. The summed E-state index contributed by atoms with van der Waals surface area (Å²) in [7, 11) is 0. The van der Waals surface area contributed by atoms with Crippen LogP contribution < -0.4 is 10.1 Å². The van der Waals surface area contributed by atoms with Crippen LogP contribution in [0.15, 0.2) is 41.3 Å². The fourth-order valence-corrected chi connectivity index (χ4v) is 3.20. The molecule has 5 nitrogen and oxygen atoms in total. The maximum Gasteiger partial charge on any atom is 0.420 e. The van der Waals surface area contributed by atoms with Crippen LogP contribution in [0.25, 0.3) is 6.08 Å². The van der Waals surface area contributed by atoms with Gasteiger partial charge in [0, 0.05) is 0 Å². The Hall–Kier alpha value is -2.96. The SMILES string of the molecule is N#Cc1ccc(Oc2ccc(/C=C3\SC(=O)NC3=O)cc2Cl)c(C(F)(F)F)c1. The number of hydrogen-bond acceptors (Lipinski definition) is 5. The van der Waals surface area contributed by atoms with Crippen LogP contribution in [0.5, 0.6) is 11.5 Å². The molecule has 1 heterocycles. The highest BCUT2D eigenvalue weighted by atomic mass is 35.5. The molecule has 0 radical (unpaired) electrons. The third kappa shape index (κ3) is 4.30. The van der Waals surface area contributed by atoms with Crippen LogP contribution in [0.3, 0.4) is 0 Å². The Labute approximate surface area is 165 Å². The standard InChI is InChI=1S/C18H8ClF3N2O3S/c19-12-6-9(7-15-16(25)24-17(26)28-15)1-4-14(12)27-13-3-2-10(8-23)5-11(13)18(20,21)22/h1-7H,(H,24,25,26)/b15-7-. The number of carbonyl (C=O) groups is 2. The van der Waals surface area contributed by atoms with Crippen LogP contribution in [0.4, 0.5) is 18.0 Å². The van der Waals surface area contributed by atoms with E-state index < -0.39 is 28.6 Å². The predicted octanol–water partition coefficient (Wildman–Crippen LogP) is 5.35. The van der Waals surface area contributed by atoms with Crippen molar-refractivity contribution in [3.8, 4) is 17.6 Å². The fraction of sp³-hybridized carbons (Fsp3) is 0.0556. The Bertz CT molecular complexity index is 1060. The Morgan fingerprint density at radius 2 is 1.86 bits per heavy atom. The zero-order valence-corrected chi connectivity index (χ0v) is 15.2. The first-order chi connectivity index (χ1) is 13.2. The number of rotatable bonds is 3. The third-order valence-corrected chi connectivity index (χ3v) is 4.64. The molecule has 2 aromatic carbocycles. The summed E-state index contributed by atoms with van der Waals surface area (Å²) in [5.74, 6) is -1.09. The molecular weight excluding hydrogens is 417 g/mol. The first-order valence-corrected chi connectivity index (χ1v) is 8.70. The average molecular weight is 425 g/mol. The van der Waals surface area contributed by atoms with Gasteiger partial charge < -0.3 is 4.74 Å². The minimum absolute atomic E-state index is 0.00145. The van der Waals surface area contributed by atoms with Gasteiger partial charge in [-0.25, -0.2) is 0 Å². The van der Waals surface area contributed by atoms with Crippen molar-refractivity contribution in [2.45, 2.75) is 6.18 Å². The number of thioether (sulfide) groups is 1. The van der Waals surface area contributed by atoms with Gasteiger partial charge in [-0.1, -0.05) is 17.7 Å². The number of halogens is 4. The molecule has 1 fully saturated rings. The first kappa shape index (κ1) is 19.8. The zero-order valence-electron chi connectivity index (χ0n) is 13.6. The molecule has 10 heteroatoms. The van der Waals surface area contributed by atoms with E-state index in [0.717, 1.165) is 17.8 Å². The summed E-state index contributed by atoms with van der Waals surface area (Å²) in [6.45, 7) is 0. The molecule has 28 heavy (non-hydrogen) atoms.